The number of piperidine rings is 1. The number of nitrogens with zero attached hydrogens (tertiary/aromatic N) is 4. The van der Waals surface area contributed by atoms with Gasteiger partial charge in [0.15, 0.2) is 5.16 Å². The number of rotatable bonds is 6. The third kappa shape index (κ3) is 4.77. The van der Waals surface area contributed by atoms with Crippen molar-refractivity contribution in [2.75, 3.05) is 18.8 Å². The number of hydrogen-bond acceptors (Lipinski definition) is 4. The van der Waals surface area contributed by atoms with Gasteiger partial charge in [0.05, 0.1) is 5.75 Å². The second kappa shape index (κ2) is 9.59. The lowest BCUT2D eigenvalue weighted by Crippen LogP contribution is -2.36. The largest absolute Gasteiger partial charge is 0.342 e. The number of benzene rings is 1. The van der Waals surface area contributed by atoms with Crippen LogP contribution in [0.4, 0.5) is 0 Å². The van der Waals surface area contributed by atoms with Gasteiger partial charge in [0, 0.05) is 25.6 Å². The molecule has 28 heavy (non-hydrogen) atoms. The van der Waals surface area contributed by atoms with Crippen LogP contribution in [0.1, 0.15) is 68.8 Å². The van der Waals surface area contributed by atoms with Gasteiger partial charge in [-0.25, -0.2) is 0 Å². The van der Waals surface area contributed by atoms with E-state index < -0.39 is 0 Å². The number of amides is 1. The summed E-state index contributed by atoms with van der Waals surface area (Å²) in [5, 5.41) is 9.97. The Morgan fingerprint density at radius 2 is 1.68 bits per heavy atom. The van der Waals surface area contributed by atoms with Crippen LogP contribution in [-0.4, -0.2) is 44.4 Å². The molecule has 0 radical (unpaired) electrons. The molecule has 0 bridgehead atoms. The van der Waals surface area contributed by atoms with Crippen molar-refractivity contribution in [2.24, 2.45) is 0 Å². The summed E-state index contributed by atoms with van der Waals surface area (Å²) in [5.41, 5.74) is 1.26. The Labute approximate surface area is 171 Å². The van der Waals surface area contributed by atoms with Gasteiger partial charge in [-0.2, -0.15) is 0 Å². The Morgan fingerprint density at radius 3 is 2.43 bits per heavy atom. The highest BCUT2D eigenvalue weighted by Gasteiger charge is 2.24. The summed E-state index contributed by atoms with van der Waals surface area (Å²) in [6.45, 7) is 1.82. The number of thioether (sulfide) groups is 1. The predicted octanol–water partition coefficient (Wildman–Crippen LogP) is 4.48. The molecular formula is C22H30N4OS. The number of hydrogen-bond donors (Lipinski definition) is 0. The molecule has 2 heterocycles. The fraction of sp³-hybridized carbons (Fsp3) is 0.591. The Morgan fingerprint density at radius 1 is 0.964 bits per heavy atom. The van der Waals surface area contributed by atoms with Crippen LogP contribution >= 0.6 is 11.8 Å². The van der Waals surface area contributed by atoms with E-state index in [0.29, 0.717) is 11.8 Å². The van der Waals surface area contributed by atoms with E-state index in [2.05, 4.69) is 39.0 Å². The van der Waals surface area contributed by atoms with E-state index in [1.165, 1.54) is 44.1 Å². The van der Waals surface area contributed by atoms with Gasteiger partial charge in [-0.15, -0.1) is 10.2 Å². The van der Waals surface area contributed by atoms with E-state index in [1.54, 1.807) is 11.8 Å². The summed E-state index contributed by atoms with van der Waals surface area (Å²) in [6.07, 6.45) is 10.5. The van der Waals surface area contributed by atoms with Gasteiger partial charge in [0.1, 0.15) is 5.82 Å². The van der Waals surface area contributed by atoms with E-state index in [-0.39, 0.29) is 5.91 Å². The first-order valence-electron chi connectivity index (χ1n) is 10.7. The maximum absolute atomic E-state index is 12.6. The molecule has 1 amide bonds. The van der Waals surface area contributed by atoms with Crippen molar-refractivity contribution in [3.63, 3.8) is 0 Å². The van der Waals surface area contributed by atoms with Gasteiger partial charge in [-0.3, -0.25) is 4.79 Å². The van der Waals surface area contributed by atoms with E-state index >= 15 is 0 Å². The topological polar surface area (TPSA) is 51.0 Å². The van der Waals surface area contributed by atoms with Gasteiger partial charge in [0.2, 0.25) is 5.91 Å². The summed E-state index contributed by atoms with van der Waals surface area (Å²) in [6, 6.07) is 10.9. The molecule has 2 aliphatic rings. The van der Waals surface area contributed by atoms with Gasteiger partial charge in [-0.05, 0) is 37.7 Å². The molecule has 2 fully saturated rings. The lowest BCUT2D eigenvalue weighted by molar-refractivity contribution is -0.129. The summed E-state index contributed by atoms with van der Waals surface area (Å²) >= 11 is 1.57. The molecule has 0 atom stereocenters. The maximum atomic E-state index is 12.6. The zero-order chi connectivity index (χ0) is 19.2. The van der Waals surface area contributed by atoms with Crippen molar-refractivity contribution in [2.45, 2.75) is 69.0 Å². The smallest absolute Gasteiger partial charge is 0.233 e. The fourth-order valence-electron chi connectivity index (χ4n) is 4.37. The molecular weight excluding hydrogens is 368 g/mol. The molecule has 1 aromatic heterocycles. The molecule has 1 saturated carbocycles. The Kier molecular flexibility index (Phi) is 6.68. The predicted molar refractivity (Wildman–Crippen MR) is 113 cm³/mol. The third-order valence-corrected chi connectivity index (χ3v) is 6.84. The van der Waals surface area contributed by atoms with Crippen LogP contribution in [0, 0.1) is 0 Å². The lowest BCUT2D eigenvalue weighted by Gasteiger charge is -2.27. The summed E-state index contributed by atoms with van der Waals surface area (Å²) in [7, 11) is 0. The summed E-state index contributed by atoms with van der Waals surface area (Å²) < 4.78 is 2.35. The van der Waals surface area contributed by atoms with E-state index in [9.17, 15) is 4.79 Å². The molecule has 2 aromatic rings. The Balaban J connectivity index is 1.49. The summed E-state index contributed by atoms with van der Waals surface area (Å²) in [4.78, 5) is 14.6. The number of likely N-dealkylation sites (tertiary alicyclic amines) is 1. The van der Waals surface area contributed by atoms with E-state index in [0.717, 1.165) is 43.3 Å². The van der Waals surface area contributed by atoms with Crippen LogP contribution in [0.15, 0.2) is 35.5 Å². The monoisotopic (exact) mass is 398 g/mol. The average molecular weight is 399 g/mol. The summed E-state index contributed by atoms with van der Waals surface area (Å²) in [5.74, 6) is 1.74. The van der Waals surface area contributed by atoms with Crippen LogP contribution in [0.25, 0.3) is 0 Å². The molecule has 1 aliphatic heterocycles. The quantitative estimate of drug-likeness (QED) is 0.673. The number of carbonyl (C=O) groups is 1. The van der Waals surface area contributed by atoms with Crippen molar-refractivity contribution < 1.29 is 4.79 Å². The van der Waals surface area contributed by atoms with Crippen LogP contribution in [0.5, 0.6) is 0 Å². The molecule has 1 aromatic carbocycles. The molecule has 1 saturated heterocycles. The van der Waals surface area contributed by atoms with Crippen molar-refractivity contribution in [3.05, 3.63) is 41.7 Å². The first kappa shape index (κ1) is 19.5. The number of carbonyl (C=O) groups excluding carboxylic acids is 1. The van der Waals surface area contributed by atoms with Crippen LogP contribution in [-0.2, 0) is 11.2 Å². The minimum absolute atomic E-state index is 0.243. The zero-order valence-electron chi connectivity index (χ0n) is 16.6. The van der Waals surface area contributed by atoms with Crippen molar-refractivity contribution >= 4 is 17.7 Å². The molecule has 1 aliphatic carbocycles. The Hall–Kier alpha value is -1.82. The lowest BCUT2D eigenvalue weighted by atomic mass is 9.95. The minimum Gasteiger partial charge on any atom is -0.342 e. The Bertz CT molecular complexity index is 764. The molecule has 4 rings (SSSR count). The second-order valence-electron chi connectivity index (χ2n) is 7.95. The first-order chi connectivity index (χ1) is 13.8. The van der Waals surface area contributed by atoms with Gasteiger partial charge >= 0.3 is 0 Å². The fourth-order valence-corrected chi connectivity index (χ4v) is 5.30. The molecule has 6 heteroatoms. The second-order valence-corrected chi connectivity index (χ2v) is 8.90. The van der Waals surface area contributed by atoms with Crippen LogP contribution in [0.2, 0.25) is 0 Å². The molecule has 0 N–H and O–H groups in total. The molecule has 150 valence electrons. The first-order valence-corrected chi connectivity index (χ1v) is 11.7. The highest BCUT2D eigenvalue weighted by molar-refractivity contribution is 7.99. The SMILES string of the molecule is O=C(CSc1nnc(Cc2ccccc2)n1C1CCCCC1)N1CCCCC1. The normalized spacial score (nSPS) is 18.4. The number of aromatic nitrogens is 3. The van der Waals surface area contributed by atoms with Crippen molar-refractivity contribution in [1.29, 1.82) is 0 Å². The van der Waals surface area contributed by atoms with E-state index in [1.807, 2.05) is 11.0 Å². The van der Waals surface area contributed by atoms with Crippen molar-refractivity contribution in [3.8, 4) is 0 Å². The molecule has 0 unspecified atom stereocenters. The van der Waals surface area contributed by atoms with Crippen LogP contribution < -0.4 is 0 Å². The van der Waals surface area contributed by atoms with E-state index in [4.69, 9.17) is 0 Å². The molecule has 5 nitrogen and oxygen atoms in total. The van der Waals surface area contributed by atoms with Crippen LogP contribution in [0.3, 0.4) is 0 Å². The molecule has 0 spiro atoms. The highest BCUT2D eigenvalue weighted by Crippen LogP contribution is 2.33. The van der Waals surface area contributed by atoms with Gasteiger partial charge in [-0.1, -0.05) is 61.4 Å². The van der Waals surface area contributed by atoms with Gasteiger partial charge < -0.3 is 9.47 Å². The third-order valence-electron chi connectivity index (χ3n) is 5.91. The van der Waals surface area contributed by atoms with Gasteiger partial charge in [0.25, 0.3) is 0 Å². The zero-order valence-corrected chi connectivity index (χ0v) is 17.4. The maximum Gasteiger partial charge on any atom is 0.233 e. The minimum atomic E-state index is 0.243. The highest BCUT2D eigenvalue weighted by atomic mass is 32.2. The standard InChI is InChI=1S/C22H30N4OS/c27-21(25-14-8-3-9-15-25)17-28-22-24-23-20(16-18-10-4-1-5-11-18)26(22)19-12-6-2-7-13-19/h1,4-5,10-11,19H,2-3,6-9,12-17H2. The average Bonchev–Trinajstić information content (AvgIpc) is 3.16. The van der Waals surface area contributed by atoms with Crippen molar-refractivity contribution in [1.82, 2.24) is 19.7 Å².